The smallest absolute Gasteiger partial charge is 0.255 e. The molecular weight excluding hydrogens is 286 g/mol. The van der Waals surface area contributed by atoms with Gasteiger partial charge in [-0.3, -0.25) is 4.79 Å². The van der Waals surface area contributed by atoms with Crippen molar-refractivity contribution >= 4 is 5.91 Å². The van der Waals surface area contributed by atoms with Crippen molar-refractivity contribution in [2.45, 2.75) is 31.7 Å². The van der Waals surface area contributed by atoms with Gasteiger partial charge in [0.15, 0.2) is 0 Å². The van der Waals surface area contributed by atoms with Gasteiger partial charge in [0.25, 0.3) is 5.91 Å². The minimum Gasteiger partial charge on any atom is -0.496 e. The van der Waals surface area contributed by atoms with Crippen molar-refractivity contribution in [3.05, 3.63) is 65.7 Å². The van der Waals surface area contributed by atoms with Crippen LogP contribution in [-0.2, 0) is 0 Å². The van der Waals surface area contributed by atoms with E-state index in [1.54, 1.807) is 7.11 Å². The van der Waals surface area contributed by atoms with Gasteiger partial charge in [-0.05, 0) is 36.5 Å². The highest BCUT2D eigenvalue weighted by Gasteiger charge is 2.28. The fourth-order valence-corrected chi connectivity index (χ4v) is 3.48. The Morgan fingerprint density at radius 2 is 1.70 bits per heavy atom. The average Bonchev–Trinajstić information content (AvgIpc) is 3.14. The highest BCUT2D eigenvalue weighted by atomic mass is 16.5. The molecule has 0 aliphatic heterocycles. The van der Waals surface area contributed by atoms with Gasteiger partial charge in [-0.15, -0.1) is 0 Å². The molecule has 0 heterocycles. The van der Waals surface area contributed by atoms with Gasteiger partial charge in [-0.2, -0.15) is 0 Å². The molecule has 1 atom stereocenters. The van der Waals surface area contributed by atoms with Crippen LogP contribution in [-0.4, -0.2) is 13.0 Å². The molecule has 1 fully saturated rings. The van der Waals surface area contributed by atoms with E-state index in [2.05, 4.69) is 17.4 Å². The summed E-state index contributed by atoms with van der Waals surface area (Å²) in [6.07, 6.45) is 4.84. The number of rotatable bonds is 5. The van der Waals surface area contributed by atoms with E-state index in [0.717, 1.165) is 0 Å². The lowest BCUT2D eigenvalue weighted by atomic mass is 9.91. The molecule has 120 valence electrons. The Morgan fingerprint density at radius 3 is 2.39 bits per heavy atom. The highest BCUT2D eigenvalue weighted by molar-refractivity contribution is 5.97. The molecule has 1 aliphatic carbocycles. The van der Waals surface area contributed by atoms with Crippen LogP contribution in [0.3, 0.4) is 0 Å². The first-order valence-corrected chi connectivity index (χ1v) is 8.28. The van der Waals surface area contributed by atoms with Crippen molar-refractivity contribution in [2.75, 3.05) is 7.11 Å². The number of methoxy groups -OCH3 is 1. The molecule has 1 saturated carbocycles. The molecule has 23 heavy (non-hydrogen) atoms. The maximum Gasteiger partial charge on any atom is 0.255 e. The molecule has 1 amide bonds. The van der Waals surface area contributed by atoms with Crippen molar-refractivity contribution in [1.82, 2.24) is 5.32 Å². The molecule has 3 rings (SSSR count). The Hall–Kier alpha value is -2.29. The Labute approximate surface area is 137 Å². The van der Waals surface area contributed by atoms with Crippen LogP contribution in [0.2, 0.25) is 0 Å². The fourth-order valence-electron chi connectivity index (χ4n) is 3.48. The van der Waals surface area contributed by atoms with Crippen molar-refractivity contribution in [3.63, 3.8) is 0 Å². The number of carbonyl (C=O) groups is 1. The summed E-state index contributed by atoms with van der Waals surface area (Å²) in [5.74, 6) is 1.06. The molecule has 1 aliphatic rings. The van der Waals surface area contributed by atoms with Gasteiger partial charge in [0.2, 0.25) is 0 Å². The second kappa shape index (κ2) is 7.32. The van der Waals surface area contributed by atoms with E-state index in [0.29, 0.717) is 17.2 Å². The van der Waals surface area contributed by atoms with Gasteiger partial charge in [0.05, 0.1) is 18.7 Å². The van der Waals surface area contributed by atoms with E-state index in [9.17, 15) is 4.79 Å². The lowest BCUT2D eigenvalue weighted by molar-refractivity contribution is 0.0918. The summed E-state index contributed by atoms with van der Waals surface area (Å²) < 4.78 is 5.32. The van der Waals surface area contributed by atoms with E-state index in [4.69, 9.17) is 4.74 Å². The SMILES string of the molecule is COc1ccccc1C(=O)NC(c1ccccc1)C1CCCC1. The topological polar surface area (TPSA) is 38.3 Å². The molecule has 0 spiro atoms. The summed E-state index contributed by atoms with van der Waals surface area (Å²) >= 11 is 0. The predicted molar refractivity (Wildman–Crippen MR) is 91.6 cm³/mol. The zero-order valence-electron chi connectivity index (χ0n) is 13.5. The number of hydrogen-bond acceptors (Lipinski definition) is 2. The van der Waals surface area contributed by atoms with Gasteiger partial charge < -0.3 is 10.1 Å². The zero-order valence-corrected chi connectivity index (χ0v) is 13.5. The Bertz CT molecular complexity index is 648. The number of ether oxygens (including phenoxy) is 1. The first kappa shape index (κ1) is 15.6. The summed E-state index contributed by atoms with van der Waals surface area (Å²) in [6, 6.07) is 17.7. The van der Waals surface area contributed by atoms with E-state index in [1.807, 2.05) is 42.5 Å². The molecule has 2 aromatic carbocycles. The van der Waals surface area contributed by atoms with Crippen LogP contribution in [0.4, 0.5) is 0 Å². The maximum absolute atomic E-state index is 12.8. The molecule has 3 heteroatoms. The lowest BCUT2D eigenvalue weighted by Crippen LogP contribution is -2.33. The van der Waals surface area contributed by atoms with Crippen molar-refractivity contribution in [1.29, 1.82) is 0 Å². The summed E-state index contributed by atoms with van der Waals surface area (Å²) in [4.78, 5) is 12.8. The van der Waals surface area contributed by atoms with Gasteiger partial charge >= 0.3 is 0 Å². The standard InChI is InChI=1S/C20H23NO2/c1-23-18-14-8-7-13-17(18)20(22)21-19(16-11-5-6-12-16)15-9-3-2-4-10-15/h2-4,7-10,13-14,16,19H,5-6,11-12H2,1H3,(H,21,22). The molecular formula is C20H23NO2. The lowest BCUT2D eigenvalue weighted by Gasteiger charge is -2.25. The molecule has 1 N–H and O–H groups in total. The van der Waals surface area contributed by atoms with Crippen molar-refractivity contribution in [3.8, 4) is 5.75 Å². The van der Waals surface area contributed by atoms with Gasteiger partial charge in [-0.1, -0.05) is 55.3 Å². The minimum atomic E-state index is -0.0665. The van der Waals surface area contributed by atoms with Gasteiger partial charge in [0.1, 0.15) is 5.75 Å². The zero-order chi connectivity index (χ0) is 16.1. The van der Waals surface area contributed by atoms with E-state index in [-0.39, 0.29) is 11.9 Å². The second-order valence-corrected chi connectivity index (χ2v) is 6.11. The average molecular weight is 309 g/mol. The number of hydrogen-bond donors (Lipinski definition) is 1. The van der Waals surface area contributed by atoms with Crippen molar-refractivity contribution < 1.29 is 9.53 Å². The minimum absolute atomic E-state index is 0.0658. The third-order valence-electron chi connectivity index (χ3n) is 4.67. The van der Waals surface area contributed by atoms with E-state index in [1.165, 1.54) is 31.2 Å². The third-order valence-corrected chi connectivity index (χ3v) is 4.67. The second-order valence-electron chi connectivity index (χ2n) is 6.11. The predicted octanol–water partition coefficient (Wildman–Crippen LogP) is 4.36. The molecule has 3 nitrogen and oxygen atoms in total. The molecule has 0 radical (unpaired) electrons. The fraction of sp³-hybridized carbons (Fsp3) is 0.350. The van der Waals surface area contributed by atoms with Crippen LogP contribution in [0.1, 0.15) is 47.6 Å². The van der Waals surface area contributed by atoms with Crippen LogP contribution in [0.15, 0.2) is 54.6 Å². The first-order valence-electron chi connectivity index (χ1n) is 8.28. The number of carbonyl (C=O) groups excluding carboxylic acids is 1. The Kier molecular flexibility index (Phi) is 4.96. The first-order chi connectivity index (χ1) is 11.3. The monoisotopic (exact) mass is 309 g/mol. The molecule has 0 bridgehead atoms. The number of nitrogens with one attached hydrogen (secondary N) is 1. The number of benzene rings is 2. The van der Waals surface area contributed by atoms with Gasteiger partial charge in [0, 0.05) is 0 Å². The maximum atomic E-state index is 12.8. The largest absolute Gasteiger partial charge is 0.496 e. The van der Waals surface area contributed by atoms with E-state index >= 15 is 0 Å². The van der Waals surface area contributed by atoms with Crippen LogP contribution in [0, 0.1) is 5.92 Å². The van der Waals surface area contributed by atoms with Crippen molar-refractivity contribution in [2.24, 2.45) is 5.92 Å². The summed E-state index contributed by atoms with van der Waals surface area (Å²) in [6.45, 7) is 0. The summed E-state index contributed by atoms with van der Waals surface area (Å²) in [7, 11) is 1.60. The molecule has 0 aromatic heterocycles. The van der Waals surface area contributed by atoms with Crippen LogP contribution in [0.5, 0.6) is 5.75 Å². The molecule has 0 saturated heterocycles. The summed E-state index contributed by atoms with van der Waals surface area (Å²) in [5, 5.41) is 3.25. The Morgan fingerprint density at radius 1 is 1.04 bits per heavy atom. The molecule has 1 unspecified atom stereocenters. The number of para-hydroxylation sites is 1. The Balaban J connectivity index is 1.84. The van der Waals surface area contributed by atoms with E-state index < -0.39 is 0 Å². The number of amides is 1. The van der Waals surface area contributed by atoms with Crippen LogP contribution >= 0.6 is 0 Å². The van der Waals surface area contributed by atoms with Crippen LogP contribution < -0.4 is 10.1 Å². The van der Waals surface area contributed by atoms with Crippen LogP contribution in [0.25, 0.3) is 0 Å². The quantitative estimate of drug-likeness (QED) is 0.891. The molecule has 2 aromatic rings. The third kappa shape index (κ3) is 3.55. The summed E-state index contributed by atoms with van der Waals surface area (Å²) in [5.41, 5.74) is 1.77. The van der Waals surface area contributed by atoms with Gasteiger partial charge in [-0.25, -0.2) is 0 Å². The normalized spacial score (nSPS) is 16.0. The highest BCUT2D eigenvalue weighted by Crippen LogP contribution is 2.36.